The van der Waals surface area contributed by atoms with Gasteiger partial charge in [0.2, 0.25) is 5.91 Å². The average molecular weight is 362 g/mol. The number of amides is 1. The minimum absolute atomic E-state index is 0.0404. The minimum atomic E-state index is -0.0404. The first-order chi connectivity index (χ1) is 13.1. The normalized spacial score (nSPS) is 14.0. The minimum Gasteiger partial charge on any atom is -0.334 e. The van der Waals surface area contributed by atoms with E-state index in [0.717, 1.165) is 36.3 Å². The summed E-state index contributed by atoms with van der Waals surface area (Å²) in [4.78, 5) is 18.3. The summed E-state index contributed by atoms with van der Waals surface area (Å²) in [5.41, 5.74) is 5.46. The molecule has 0 unspecified atom stereocenters. The Kier molecular flexibility index (Phi) is 4.73. The standard InChI is InChI=1S/C21H22N4O2/c1-14-6-3-4-8-17(14)21-23-20(24-27-21)13-25-11-10-18-16(12-25)7-5-9-19(18)22-15(2)26/h3-9H,10-13H2,1-2H3,(H,22,26). The molecule has 0 spiro atoms. The molecule has 0 aliphatic carbocycles. The average Bonchev–Trinajstić information content (AvgIpc) is 3.10. The zero-order valence-electron chi connectivity index (χ0n) is 15.5. The zero-order chi connectivity index (χ0) is 18.8. The molecule has 0 saturated heterocycles. The molecule has 138 valence electrons. The topological polar surface area (TPSA) is 71.3 Å². The maximum absolute atomic E-state index is 11.4. The lowest BCUT2D eigenvalue weighted by Crippen LogP contribution is -2.31. The van der Waals surface area contributed by atoms with Crippen LogP contribution in [0.4, 0.5) is 5.69 Å². The van der Waals surface area contributed by atoms with Crippen molar-refractivity contribution in [2.45, 2.75) is 33.4 Å². The van der Waals surface area contributed by atoms with E-state index in [2.05, 4.69) is 26.4 Å². The molecule has 1 amide bonds. The van der Waals surface area contributed by atoms with Crippen LogP contribution in [0.3, 0.4) is 0 Å². The Labute approximate surface area is 158 Å². The van der Waals surface area contributed by atoms with Gasteiger partial charge in [-0.05, 0) is 42.2 Å². The molecule has 0 bridgehead atoms. The summed E-state index contributed by atoms with van der Waals surface area (Å²) in [6, 6.07) is 14.1. The molecular formula is C21H22N4O2. The van der Waals surface area contributed by atoms with Crippen LogP contribution in [0.5, 0.6) is 0 Å². The van der Waals surface area contributed by atoms with Gasteiger partial charge in [-0.25, -0.2) is 0 Å². The third-order valence-corrected chi connectivity index (χ3v) is 4.86. The Bertz CT molecular complexity index is 980. The third-order valence-electron chi connectivity index (χ3n) is 4.86. The number of hydrogen-bond donors (Lipinski definition) is 1. The van der Waals surface area contributed by atoms with E-state index >= 15 is 0 Å². The van der Waals surface area contributed by atoms with Crippen molar-refractivity contribution in [1.82, 2.24) is 15.0 Å². The molecule has 4 rings (SSSR count). The van der Waals surface area contributed by atoms with E-state index in [1.165, 1.54) is 18.1 Å². The van der Waals surface area contributed by atoms with E-state index in [1.807, 2.05) is 43.3 Å². The van der Waals surface area contributed by atoms with E-state index in [0.29, 0.717) is 18.3 Å². The van der Waals surface area contributed by atoms with Crippen LogP contribution in [0.15, 0.2) is 47.0 Å². The summed E-state index contributed by atoms with van der Waals surface area (Å²) >= 11 is 0. The summed E-state index contributed by atoms with van der Waals surface area (Å²) in [5, 5.41) is 7.08. The van der Waals surface area contributed by atoms with Crippen LogP contribution in [0, 0.1) is 6.92 Å². The monoisotopic (exact) mass is 362 g/mol. The van der Waals surface area contributed by atoms with E-state index < -0.39 is 0 Å². The molecule has 1 aromatic heterocycles. The van der Waals surface area contributed by atoms with Gasteiger partial charge in [-0.15, -0.1) is 0 Å². The maximum Gasteiger partial charge on any atom is 0.258 e. The van der Waals surface area contributed by atoms with Crippen molar-refractivity contribution in [3.05, 3.63) is 65.0 Å². The second-order valence-electron chi connectivity index (χ2n) is 6.92. The number of nitrogens with zero attached hydrogens (tertiary/aromatic N) is 3. The van der Waals surface area contributed by atoms with Gasteiger partial charge in [0, 0.05) is 31.3 Å². The molecule has 0 saturated carbocycles. The Morgan fingerprint density at radius 3 is 2.89 bits per heavy atom. The SMILES string of the molecule is CC(=O)Nc1cccc2c1CCN(Cc1noc(-c3ccccc3C)n1)C2. The molecule has 0 radical (unpaired) electrons. The Hall–Kier alpha value is -2.99. The molecule has 0 atom stereocenters. The van der Waals surface area contributed by atoms with Gasteiger partial charge in [-0.1, -0.05) is 35.5 Å². The van der Waals surface area contributed by atoms with Gasteiger partial charge >= 0.3 is 0 Å². The van der Waals surface area contributed by atoms with Crippen molar-refractivity contribution in [3.63, 3.8) is 0 Å². The van der Waals surface area contributed by atoms with Gasteiger partial charge in [0.15, 0.2) is 5.82 Å². The van der Waals surface area contributed by atoms with Crippen molar-refractivity contribution in [3.8, 4) is 11.5 Å². The van der Waals surface area contributed by atoms with Crippen LogP contribution in [0.1, 0.15) is 29.4 Å². The van der Waals surface area contributed by atoms with Crippen molar-refractivity contribution in [2.24, 2.45) is 0 Å². The van der Waals surface area contributed by atoms with E-state index in [9.17, 15) is 4.79 Å². The summed E-state index contributed by atoms with van der Waals surface area (Å²) in [5.74, 6) is 1.21. The number of aryl methyl sites for hydroxylation is 1. The highest BCUT2D eigenvalue weighted by Crippen LogP contribution is 2.27. The lowest BCUT2D eigenvalue weighted by atomic mass is 9.97. The largest absolute Gasteiger partial charge is 0.334 e. The van der Waals surface area contributed by atoms with Crippen LogP contribution < -0.4 is 5.32 Å². The molecule has 1 aliphatic heterocycles. The number of anilines is 1. The van der Waals surface area contributed by atoms with Crippen LogP contribution in [-0.4, -0.2) is 27.5 Å². The first kappa shape index (κ1) is 17.4. The Morgan fingerprint density at radius 2 is 2.07 bits per heavy atom. The van der Waals surface area contributed by atoms with Crippen molar-refractivity contribution in [1.29, 1.82) is 0 Å². The van der Waals surface area contributed by atoms with Crippen molar-refractivity contribution < 1.29 is 9.32 Å². The third kappa shape index (κ3) is 3.75. The molecule has 0 fully saturated rings. The number of fused-ring (bicyclic) bond motifs is 1. The van der Waals surface area contributed by atoms with Gasteiger partial charge in [0.25, 0.3) is 5.89 Å². The van der Waals surface area contributed by atoms with Gasteiger partial charge < -0.3 is 9.84 Å². The molecular weight excluding hydrogens is 340 g/mol. The summed E-state index contributed by atoms with van der Waals surface area (Å²) in [6.07, 6.45) is 0.883. The van der Waals surface area contributed by atoms with E-state index in [4.69, 9.17) is 4.52 Å². The van der Waals surface area contributed by atoms with Crippen LogP contribution >= 0.6 is 0 Å². The van der Waals surface area contributed by atoms with Gasteiger partial charge in [-0.2, -0.15) is 4.98 Å². The fourth-order valence-electron chi connectivity index (χ4n) is 3.55. The Balaban J connectivity index is 1.48. The maximum atomic E-state index is 11.4. The number of carbonyl (C=O) groups excluding carboxylic acids is 1. The summed E-state index contributed by atoms with van der Waals surface area (Å²) in [7, 11) is 0. The first-order valence-corrected chi connectivity index (χ1v) is 9.09. The fourth-order valence-corrected chi connectivity index (χ4v) is 3.55. The van der Waals surface area contributed by atoms with Gasteiger partial charge in [0.1, 0.15) is 0 Å². The molecule has 1 N–H and O–H groups in total. The van der Waals surface area contributed by atoms with Gasteiger partial charge in [-0.3, -0.25) is 9.69 Å². The summed E-state index contributed by atoms with van der Waals surface area (Å²) in [6.45, 7) is 5.90. The van der Waals surface area contributed by atoms with E-state index in [-0.39, 0.29) is 5.91 Å². The number of hydrogen-bond acceptors (Lipinski definition) is 5. The van der Waals surface area contributed by atoms with Crippen LogP contribution in [0.2, 0.25) is 0 Å². The summed E-state index contributed by atoms with van der Waals surface area (Å²) < 4.78 is 5.47. The first-order valence-electron chi connectivity index (χ1n) is 9.09. The number of rotatable bonds is 4. The highest BCUT2D eigenvalue weighted by atomic mass is 16.5. The fraction of sp³-hybridized carbons (Fsp3) is 0.286. The molecule has 27 heavy (non-hydrogen) atoms. The van der Waals surface area contributed by atoms with E-state index in [1.54, 1.807) is 0 Å². The predicted octanol–water partition coefficient (Wildman–Crippen LogP) is 3.56. The van der Waals surface area contributed by atoms with Crippen molar-refractivity contribution in [2.75, 3.05) is 11.9 Å². The number of benzene rings is 2. The van der Waals surface area contributed by atoms with Gasteiger partial charge in [0.05, 0.1) is 6.54 Å². The number of nitrogens with one attached hydrogen (secondary N) is 1. The molecule has 1 aliphatic rings. The second kappa shape index (κ2) is 7.32. The highest BCUT2D eigenvalue weighted by Gasteiger charge is 2.21. The number of aromatic nitrogens is 2. The lowest BCUT2D eigenvalue weighted by Gasteiger charge is -2.29. The Morgan fingerprint density at radius 1 is 1.22 bits per heavy atom. The smallest absolute Gasteiger partial charge is 0.258 e. The quantitative estimate of drug-likeness (QED) is 0.768. The second-order valence-corrected chi connectivity index (χ2v) is 6.92. The molecule has 6 heteroatoms. The van der Waals surface area contributed by atoms with Crippen LogP contribution in [-0.2, 0) is 24.3 Å². The molecule has 2 heterocycles. The van der Waals surface area contributed by atoms with Crippen LogP contribution in [0.25, 0.3) is 11.5 Å². The lowest BCUT2D eigenvalue weighted by molar-refractivity contribution is -0.114. The molecule has 3 aromatic rings. The zero-order valence-corrected chi connectivity index (χ0v) is 15.5. The molecule has 6 nitrogen and oxygen atoms in total. The number of carbonyl (C=O) groups is 1. The predicted molar refractivity (Wildman–Crippen MR) is 103 cm³/mol. The highest BCUT2D eigenvalue weighted by molar-refractivity contribution is 5.89. The van der Waals surface area contributed by atoms with Crippen molar-refractivity contribution >= 4 is 11.6 Å². The molecule has 2 aromatic carbocycles.